The van der Waals surface area contributed by atoms with Gasteiger partial charge in [0.05, 0.1) is 11.4 Å². The van der Waals surface area contributed by atoms with Crippen molar-refractivity contribution in [1.82, 2.24) is 0 Å². The molecular weight excluding hydrogens is 384 g/mol. The molecule has 156 valence electrons. The van der Waals surface area contributed by atoms with E-state index in [0.717, 1.165) is 18.4 Å². The van der Waals surface area contributed by atoms with Gasteiger partial charge in [-0.15, -0.1) is 0 Å². The second-order valence-corrected chi connectivity index (χ2v) is 8.75. The molecule has 4 nitrogen and oxygen atoms in total. The van der Waals surface area contributed by atoms with E-state index >= 15 is 0 Å². The number of aryl methyl sites for hydroxylation is 1. The molecule has 2 aliphatic carbocycles. The highest BCUT2D eigenvalue weighted by atomic mass is 16.2. The molecule has 3 aromatic rings. The van der Waals surface area contributed by atoms with Gasteiger partial charge in [-0.05, 0) is 60.4 Å². The van der Waals surface area contributed by atoms with E-state index in [9.17, 15) is 9.59 Å². The maximum atomic E-state index is 12.9. The monoisotopic (exact) mass is 410 g/mol. The summed E-state index contributed by atoms with van der Waals surface area (Å²) in [7, 11) is 0. The molecule has 4 unspecified atom stereocenters. The topological polar surface area (TPSA) is 58.2 Å². The van der Waals surface area contributed by atoms with E-state index in [2.05, 4.69) is 34.9 Å². The van der Waals surface area contributed by atoms with E-state index in [0.29, 0.717) is 11.4 Å². The Morgan fingerprint density at radius 1 is 0.677 bits per heavy atom. The molecular formula is C27H26N2O2. The van der Waals surface area contributed by atoms with E-state index in [4.69, 9.17) is 0 Å². The zero-order valence-corrected chi connectivity index (χ0v) is 17.5. The molecule has 4 atom stereocenters. The summed E-state index contributed by atoms with van der Waals surface area (Å²) in [5.74, 6) is 0.561. The first-order valence-corrected chi connectivity index (χ1v) is 10.9. The second kappa shape index (κ2) is 8.03. The highest BCUT2D eigenvalue weighted by Crippen LogP contribution is 2.49. The Morgan fingerprint density at radius 2 is 1.16 bits per heavy atom. The van der Waals surface area contributed by atoms with Crippen LogP contribution in [0.4, 0.5) is 11.4 Å². The Hall–Kier alpha value is -3.40. The standard InChI is InChI=1S/C27H26N2O2/c1-17-12-13-24(28-26(30)22-15-20(22)18-8-4-2-5-9-18)25(14-17)29-27(31)23-16-21(23)19-10-6-3-7-11-19/h2-14,20-23H,15-16H2,1H3,(H,28,30)(H,29,31). The van der Waals surface area contributed by atoms with Crippen molar-refractivity contribution in [3.05, 3.63) is 95.6 Å². The average Bonchev–Trinajstić information content (AvgIpc) is 3.70. The van der Waals surface area contributed by atoms with Crippen molar-refractivity contribution in [3.8, 4) is 0 Å². The van der Waals surface area contributed by atoms with Crippen LogP contribution in [-0.4, -0.2) is 11.8 Å². The fourth-order valence-corrected chi connectivity index (χ4v) is 4.43. The SMILES string of the molecule is Cc1ccc(NC(=O)C2CC2c2ccccc2)c(NC(=O)C2CC2c2ccccc2)c1. The van der Waals surface area contributed by atoms with Gasteiger partial charge in [0.2, 0.25) is 11.8 Å². The number of rotatable bonds is 6. The minimum Gasteiger partial charge on any atom is -0.324 e. The number of hydrogen-bond donors (Lipinski definition) is 2. The van der Waals surface area contributed by atoms with Crippen molar-refractivity contribution in [1.29, 1.82) is 0 Å². The minimum absolute atomic E-state index is 0.0155. The zero-order valence-electron chi connectivity index (χ0n) is 17.5. The summed E-state index contributed by atoms with van der Waals surface area (Å²) < 4.78 is 0. The van der Waals surface area contributed by atoms with Crippen LogP contribution in [0, 0.1) is 18.8 Å². The van der Waals surface area contributed by atoms with Crippen LogP contribution in [0.1, 0.15) is 41.4 Å². The molecule has 2 fully saturated rings. The largest absolute Gasteiger partial charge is 0.324 e. The molecule has 0 aliphatic heterocycles. The van der Waals surface area contributed by atoms with E-state index in [-0.39, 0.29) is 35.5 Å². The Bertz CT molecular complexity index is 1110. The molecule has 0 saturated heterocycles. The van der Waals surface area contributed by atoms with Crippen LogP contribution >= 0.6 is 0 Å². The van der Waals surface area contributed by atoms with Crippen molar-refractivity contribution in [3.63, 3.8) is 0 Å². The van der Waals surface area contributed by atoms with Crippen LogP contribution < -0.4 is 10.6 Å². The lowest BCUT2D eigenvalue weighted by molar-refractivity contribution is -0.118. The molecule has 4 heteroatoms. The summed E-state index contributed by atoms with van der Waals surface area (Å²) in [4.78, 5) is 25.7. The fraction of sp³-hybridized carbons (Fsp3) is 0.259. The minimum atomic E-state index is -0.0163. The Morgan fingerprint density at radius 3 is 1.68 bits per heavy atom. The highest BCUT2D eigenvalue weighted by molar-refractivity contribution is 6.02. The van der Waals surface area contributed by atoms with Crippen LogP contribution in [0.5, 0.6) is 0 Å². The summed E-state index contributed by atoms with van der Waals surface area (Å²) in [5, 5.41) is 6.12. The van der Waals surface area contributed by atoms with E-state index in [1.165, 1.54) is 11.1 Å². The molecule has 0 radical (unpaired) electrons. The molecule has 0 aromatic heterocycles. The van der Waals surface area contributed by atoms with Gasteiger partial charge in [0.1, 0.15) is 0 Å². The van der Waals surface area contributed by atoms with Gasteiger partial charge >= 0.3 is 0 Å². The second-order valence-electron chi connectivity index (χ2n) is 8.75. The molecule has 5 rings (SSSR count). The van der Waals surface area contributed by atoms with Crippen LogP contribution in [0.3, 0.4) is 0 Å². The molecule has 2 amide bonds. The number of anilines is 2. The number of hydrogen-bond acceptors (Lipinski definition) is 2. The van der Waals surface area contributed by atoms with Crippen LogP contribution in [0.25, 0.3) is 0 Å². The first-order valence-electron chi connectivity index (χ1n) is 10.9. The summed E-state index contributed by atoms with van der Waals surface area (Å²) in [5.41, 5.74) is 4.80. The van der Waals surface area contributed by atoms with Gasteiger partial charge in [-0.25, -0.2) is 0 Å². The predicted molar refractivity (Wildman–Crippen MR) is 123 cm³/mol. The summed E-state index contributed by atoms with van der Waals surface area (Å²) in [6.07, 6.45) is 1.73. The van der Waals surface area contributed by atoms with Gasteiger partial charge in [-0.3, -0.25) is 9.59 Å². The van der Waals surface area contributed by atoms with E-state index in [1.54, 1.807) is 0 Å². The summed E-state index contributed by atoms with van der Waals surface area (Å²) >= 11 is 0. The molecule has 0 heterocycles. The zero-order chi connectivity index (χ0) is 21.4. The van der Waals surface area contributed by atoms with Crippen LogP contribution in [0.2, 0.25) is 0 Å². The third-order valence-corrected chi connectivity index (χ3v) is 6.40. The molecule has 2 aliphatic rings. The summed E-state index contributed by atoms with van der Waals surface area (Å²) in [6.45, 7) is 1.98. The smallest absolute Gasteiger partial charge is 0.228 e. The van der Waals surface area contributed by atoms with Crippen molar-refractivity contribution >= 4 is 23.2 Å². The molecule has 3 aromatic carbocycles. The quantitative estimate of drug-likeness (QED) is 0.565. The number of nitrogens with one attached hydrogen (secondary N) is 2. The normalized spacial score (nSPS) is 23.6. The first kappa shape index (κ1) is 19.6. The third-order valence-electron chi connectivity index (χ3n) is 6.40. The van der Waals surface area contributed by atoms with E-state index < -0.39 is 0 Å². The van der Waals surface area contributed by atoms with Gasteiger partial charge in [-0.1, -0.05) is 66.7 Å². The third kappa shape index (κ3) is 4.24. The van der Waals surface area contributed by atoms with Crippen molar-refractivity contribution in [2.24, 2.45) is 11.8 Å². The van der Waals surface area contributed by atoms with E-state index in [1.807, 2.05) is 61.5 Å². The van der Waals surface area contributed by atoms with Crippen molar-refractivity contribution < 1.29 is 9.59 Å². The lowest BCUT2D eigenvalue weighted by Gasteiger charge is -2.14. The van der Waals surface area contributed by atoms with Crippen LogP contribution in [0.15, 0.2) is 78.9 Å². The fourth-order valence-electron chi connectivity index (χ4n) is 4.43. The molecule has 0 bridgehead atoms. The predicted octanol–water partition coefficient (Wildman–Crippen LogP) is 5.48. The van der Waals surface area contributed by atoms with Crippen molar-refractivity contribution in [2.75, 3.05) is 10.6 Å². The Labute approximate surface area is 182 Å². The number of carbonyl (C=O) groups is 2. The van der Waals surface area contributed by atoms with Crippen molar-refractivity contribution in [2.45, 2.75) is 31.6 Å². The Balaban J connectivity index is 1.25. The molecule has 2 N–H and O–H groups in total. The maximum Gasteiger partial charge on any atom is 0.228 e. The highest BCUT2D eigenvalue weighted by Gasteiger charge is 2.45. The lowest BCUT2D eigenvalue weighted by Crippen LogP contribution is -2.19. The molecule has 31 heavy (non-hydrogen) atoms. The summed E-state index contributed by atoms with van der Waals surface area (Å²) in [6, 6.07) is 26.1. The van der Waals surface area contributed by atoms with Gasteiger partial charge < -0.3 is 10.6 Å². The van der Waals surface area contributed by atoms with Gasteiger partial charge in [0, 0.05) is 11.8 Å². The van der Waals surface area contributed by atoms with Crippen LogP contribution in [-0.2, 0) is 9.59 Å². The van der Waals surface area contributed by atoms with Gasteiger partial charge in [0.25, 0.3) is 0 Å². The molecule has 0 spiro atoms. The lowest BCUT2D eigenvalue weighted by atomic mass is 10.1. The van der Waals surface area contributed by atoms with Gasteiger partial charge in [-0.2, -0.15) is 0 Å². The number of benzene rings is 3. The maximum absolute atomic E-state index is 12.9. The number of carbonyl (C=O) groups excluding carboxylic acids is 2. The van der Waals surface area contributed by atoms with Gasteiger partial charge in [0.15, 0.2) is 0 Å². The Kier molecular flexibility index (Phi) is 5.06. The first-order chi connectivity index (χ1) is 15.1. The molecule has 2 saturated carbocycles. The average molecular weight is 411 g/mol. The number of amides is 2.